The van der Waals surface area contributed by atoms with Gasteiger partial charge in [0.1, 0.15) is 5.75 Å². The zero-order valence-electron chi connectivity index (χ0n) is 9.91. The van der Waals surface area contributed by atoms with Gasteiger partial charge in [-0.3, -0.25) is 4.79 Å². The normalized spacial score (nSPS) is 10.3. The van der Waals surface area contributed by atoms with E-state index in [2.05, 4.69) is 0 Å². The highest BCUT2D eigenvalue weighted by atomic mass is 19.2. The molecule has 0 aliphatic rings. The number of carbonyl (C=O) groups excluding carboxylic acids is 1. The van der Waals surface area contributed by atoms with E-state index in [4.69, 9.17) is 4.74 Å². The number of ether oxygens (including phenoxy) is 1. The van der Waals surface area contributed by atoms with Crippen LogP contribution in [0.3, 0.4) is 0 Å². The van der Waals surface area contributed by atoms with Gasteiger partial charge in [0.25, 0.3) is 0 Å². The van der Waals surface area contributed by atoms with Gasteiger partial charge in [0.05, 0.1) is 12.7 Å². The van der Waals surface area contributed by atoms with E-state index in [0.717, 1.165) is 12.1 Å². The Morgan fingerprint density at radius 3 is 2.16 bits per heavy atom. The first-order chi connectivity index (χ1) is 9.06. The van der Waals surface area contributed by atoms with Crippen molar-refractivity contribution in [2.75, 3.05) is 7.11 Å². The van der Waals surface area contributed by atoms with Crippen molar-refractivity contribution >= 4 is 6.29 Å². The Morgan fingerprint density at radius 2 is 1.63 bits per heavy atom. The zero-order valence-corrected chi connectivity index (χ0v) is 9.91. The van der Waals surface area contributed by atoms with Crippen LogP contribution in [0.2, 0.25) is 0 Å². The van der Waals surface area contributed by atoms with Crippen LogP contribution in [-0.4, -0.2) is 13.4 Å². The molecule has 0 aromatic heterocycles. The van der Waals surface area contributed by atoms with E-state index < -0.39 is 17.5 Å². The summed E-state index contributed by atoms with van der Waals surface area (Å²) in [6.07, 6.45) is 0.606. The molecule has 0 aliphatic heterocycles. The number of aldehydes is 1. The molecular weight excluding hydrogens is 257 g/mol. The molecule has 0 spiro atoms. The highest BCUT2D eigenvalue weighted by molar-refractivity contribution is 5.81. The van der Waals surface area contributed by atoms with Crippen molar-refractivity contribution < 1.29 is 22.7 Å². The highest BCUT2D eigenvalue weighted by Crippen LogP contribution is 2.28. The number of halogens is 3. The number of hydrogen-bond donors (Lipinski definition) is 0. The van der Waals surface area contributed by atoms with Gasteiger partial charge >= 0.3 is 0 Å². The Balaban J connectivity index is 2.56. The number of methoxy groups -OCH3 is 1. The molecule has 2 aromatic rings. The van der Waals surface area contributed by atoms with Crippen LogP contribution in [0.5, 0.6) is 5.75 Å². The summed E-state index contributed by atoms with van der Waals surface area (Å²) in [5.41, 5.74) is 0.890. The molecule has 2 aromatic carbocycles. The van der Waals surface area contributed by atoms with Gasteiger partial charge in [0.2, 0.25) is 0 Å². The molecule has 2 nitrogen and oxygen atoms in total. The molecule has 0 N–H and O–H groups in total. The summed E-state index contributed by atoms with van der Waals surface area (Å²) in [6, 6.07) is 6.18. The van der Waals surface area contributed by atoms with Crippen molar-refractivity contribution in [3.8, 4) is 16.9 Å². The fourth-order valence-electron chi connectivity index (χ4n) is 1.71. The molecule has 0 heterocycles. The minimum absolute atomic E-state index is 0.159. The lowest BCUT2D eigenvalue weighted by Gasteiger charge is -2.08. The third-order valence-electron chi connectivity index (χ3n) is 2.68. The van der Waals surface area contributed by atoms with Crippen LogP contribution < -0.4 is 4.74 Å². The van der Waals surface area contributed by atoms with Gasteiger partial charge in [-0.2, -0.15) is 0 Å². The second-order valence-corrected chi connectivity index (χ2v) is 3.83. The lowest BCUT2D eigenvalue weighted by atomic mass is 10.0. The van der Waals surface area contributed by atoms with E-state index >= 15 is 0 Å². The second-order valence-electron chi connectivity index (χ2n) is 3.83. The minimum Gasteiger partial charge on any atom is -0.496 e. The molecule has 0 amide bonds. The van der Waals surface area contributed by atoms with Gasteiger partial charge in [0.15, 0.2) is 23.7 Å². The van der Waals surface area contributed by atoms with E-state index in [1.807, 2.05) is 0 Å². The summed E-state index contributed by atoms with van der Waals surface area (Å²) < 4.78 is 44.2. The Labute approximate surface area is 107 Å². The summed E-state index contributed by atoms with van der Waals surface area (Å²) in [6.45, 7) is 0. The van der Waals surface area contributed by atoms with Gasteiger partial charge in [0, 0.05) is 0 Å². The highest BCUT2D eigenvalue weighted by Gasteiger charge is 2.12. The van der Waals surface area contributed by atoms with Crippen molar-refractivity contribution in [2.24, 2.45) is 0 Å². The lowest BCUT2D eigenvalue weighted by molar-refractivity contribution is 0.112. The fourth-order valence-corrected chi connectivity index (χ4v) is 1.71. The molecule has 0 aliphatic carbocycles. The molecule has 0 radical (unpaired) electrons. The third kappa shape index (κ3) is 2.45. The second kappa shape index (κ2) is 5.14. The number of hydrogen-bond acceptors (Lipinski definition) is 2. The molecule has 0 unspecified atom stereocenters. The van der Waals surface area contributed by atoms with Crippen LogP contribution in [0.25, 0.3) is 11.1 Å². The number of carbonyl (C=O) groups is 1. The van der Waals surface area contributed by atoms with Gasteiger partial charge in [-0.05, 0) is 35.4 Å². The van der Waals surface area contributed by atoms with E-state index in [0.29, 0.717) is 17.4 Å². The van der Waals surface area contributed by atoms with Gasteiger partial charge in [-0.15, -0.1) is 0 Å². The lowest BCUT2D eigenvalue weighted by Crippen LogP contribution is -1.94. The van der Waals surface area contributed by atoms with E-state index in [-0.39, 0.29) is 11.3 Å². The summed E-state index contributed by atoms with van der Waals surface area (Å²) in [7, 11) is 1.37. The molecule has 0 bridgehead atoms. The molecule has 98 valence electrons. The first-order valence-corrected chi connectivity index (χ1v) is 5.35. The van der Waals surface area contributed by atoms with Crippen LogP contribution in [-0.2, 0) is 0 Å². The smallest absolute Gasteiger partial charge is 0.194 e. The number of benzene rings is 2. The van der Waals surface area contributed by atoms with Crippen LogP contribution in [0, 0.1) is 17.5 Å². The molecule has 0 saturated carbocycles. The molecule has 0 atom stereocenters. The summed E-state index contributed by atoms with van der Waals surface area (Å²) >= 11 is 0. The molecule has 0 saturated heterocycles. The fraction of sp³-hybridized carbons (Fsp3) is 0.0714. The third-order valence-corrected chi connectivity index (χ3v) is 2.68. The largest absolute Gasteiger partial charge is 0.496 e. The van der Waals surface area contributed by atoms with E-state index in [9.17, 15) is 18.0 Å². The predicted molar refractivity (Wildman–Crippen MR) is 63.7 cm³/mol. The number of rotatable bonds is 3. The summed E-state index contributed by atoms with van der Waals surface area (Å²) in [5.74, 6) is -3.78. The van der Waals surface area contributed by atoms with E-state index in [1.165, 1.54) is 25.3 Å². The monoisotopic (exact) mass is 266 g/mol. The van der Waals surface area contributed by atoms with Gasteiger partial charge in [-0.25, -0.2) is 13.2 Å². The van der Waals surface area contributed by atoms with Crippen LogP contribution in [0.15, 0.2) is 30.3 Å². The quantitative estimate of drug-likeness (QED) is 0.627. The van der Waals surface area contributed by atoms with Crippen LogP contribution in [0.1, 0.15) is 10.4 Å². The first-order valence-electron chi connectivity index (χ1n) is 5.35. The maximum Gasteiger partial charge on any atom is 0.194 e. The van der Waals surface area contributed by atoms with Crippen molar-refractivity contribution in [3.63, 3.8) is 0 Å². The standard InChI is InChI=1S/C14H9F3O2/c1-19-13-6-8(2-3-9(13)7-18)10-4-11(15)14(17)12(16)5-10/h2-7H,1H3. The molecule has 0 fully saturated rings. The van der Waals surface area contributed by atoms with Crippen molar-refractivity contribution in [2.45, 2.75) is 0 Å². The van der Waals surface area contributed by atoms with Gasteiger partial charge in [-0.1, -0.05) is 6.07 Å². The Morgan fingerprint density at radius 1 is 1.00 bits per heavy atom. The summed E-state index contributed by atoms with van der Waals surface area (Å²) in [5, 5.41) is 0. The SMILES string of the molecule is COc1cc(-c2cc(F)c(F)c(F)c2)ccc1C=O. The molecule has 19 heavy (non-hydrogen) atoms. The zero-order chi connectivity index (χ0) is 14.0. The molecule has 2 rings (SSSR count). The van der Waals surface area contributed by atoms with Crippen molar-refractivity contribution in [1.29, 1.82) is 0 Å². The molecular formula is C14H9F3O2. The average Bonchev–Trinajstić information content (AvgIpc) is 2.43. The van der Waals surface area contributed by atoms with Crippen LogP contribution in [0.4, 0.5) is 13.2 Å². The first kappa shape index (κ1) is 13.1. The topological polar surface area (TPSA) is 26.3 Å². The van der Waals surface area contributed by atoms with Gasteiger partial charge < -0.3 is 4.74 Å². The maximum absolute atomic E-state index is 13.2. The minimum atomic E-state index is -1.51. The Hall–Kier alpha value is -2.30. The van der Waals surface area contributed by atoms with Crippen molar-refractivity contribution in [1.82, 2.24) is 0 Å². The predicted octanol–water partition coefficient (Wildman–Crippen LogP) is 3.59. The maximum atomic E-state index is 13.2. The molecule has 5 heteroatoms. The van der Waals surface area contributed by atoms with Crippen LogP contribution >= 0.6 is 0 Å². The van der Waals surface area contributed by atoms with E-state index in [1.54, 1.807) is 0 Å². The Kier molecular flexibility index (Phi) is 3.55. The Bertz CT molecular complexity index is 616. The average molecular weight is 266 g/mol. The van der Waals surface area contributed by atoms with Crippen molar-refractivity contribution in [3.05, 3.63) is 53.3 Å². The summed E-state index contributed by atoms with van der Waals surface area (Å²) in [4.78, 5) is 10.7.